The molecule has 0 saturated carbocycles. The zero-order chi connectivity index (χ0) is 17.9. The van der Waals surface area contributed by atoms with Crippen LogP contribution in [0.2, 0.25) is 0 Å². The molecule has 1 N–H and O–H groups in total. The van der Waals surface area contributed by atoms with Crippen LogP contribution < -0.4 is 5.32 Å². The van der Waals surface area contributed by atoms with E-state index in [2.05, 4.69) is 41.0 Å². The molecule has 0 aliphatic rings. The lowest BCUT2D eigenvalue weighted by Crippen LogP contribution is -2.26. The Hall–Kier alpha value is -2.11. The summed E-state index contributed by atoms with van der Waals surface area (Å²) >= 11 is 3.22. The minimum absolute atomic E-state index is 0.0468. The van der Waals surface area contributed by atoms with Crippen LogP contribution in [0.4, 0.5) is 0 Å². The van der Waals surface area contributed by atoms with Crippen LogP contribution in [0.25, 0.3) is 10.6 Å². The largest absolute Gasteiger partial charge is 0.355 e. The summed E-state index contributed by atoms with van der Waals surface area (Å²) in [6, 6.07) is 10.1. The van der Waals surface area contributed by atoms with E-state index in [0.29, 0.717) is 12.3 Å². The number of carbonyl (C=O) groups is 1. The first kappa shape index (κ1) is 19.2. The Morgan fingerprint density at radius 1 is 1.28 bits per heavy atom. The molecule has 1 amide bonds. The first-order valence-electron chi connectivity index (χ1n) is 8.01. The number of allylic oxidation sites excluding steroid dienone is 3. The lowest BCUT2D eigenvalue weighted by Gasteiger charge is -2.05. The number of benzene rings is 1. The second-order valence-electron chi connectivity index (χ2n) is 5.28. The van der Waals surface area contributed by atoms with Gasteiger partial charge in [-0.25, -0.2) is 4.98 Å². The van der Waals surface area contributed by atoms with Gasteiger partial charge in [0.1, 0.15) is 5.01 Å². The average molecular weight is 371 g/mol. The molecule has 25 heavy (non-hydrogen) atoms. The van der Waals surface area contributed by atoms with Gasteiger partial charge in [-0.05, 0) is 12.0 Å². The van der Waals surface area contributed by atoms with Crippen LogP contribution in [0, 0.1) is 0 Å². The normalized spacial score (nSPS) is 11.1. The van der Waals surface area contributed by atoms with Gasteiger partial charge in [0.2, 0.25) is 5.91 Å². The van der Waals surface area contributed by atoms with Crippen LogP contribution >= 0.6 is 23.1 Å². The first-order valence-corrected chi connectivity index (χ1v) is 10.0. The van der Waals surface area contributed by atoms with E-state index >= 15 is 0 Å². The fraction of sp³-hybridized carbons (Fsp3) is 0.200. The fourth-order valence-electron chi connectivity index (χ4n) is 2.14. The number of nitrogens with zero attached hydrogens (tertiary/aromatic N) is 1. The number of amides is 1. The molecule has 2 aromatic rings. The molecule has 0 unspecified atom stereocenters. The maximum Gasteiger partial charge on any atom is 0.230 e. The predicted molar refractivity (Wildman–Crippen MR) is 110 cm³/mol. The van der Waals surface area contributed by atoms with Gasteiger partial charge in [0.15, 0.2) is 0 Å². The molecule has 0 spiro atoms. The highest BCUT2D eigenvalue weighted by atomic mass is 32.2. The van der Waals surface area contributed by atoms with Crippen molar-refractivity contribution < 1.29 is 4.79 Å². The Labute approximate surface area is 157 Å². The van der Waals surface area contributed by atoms with Crippen molar-refractivity contribution in [3.63, 3.8) is 0 Å². The molecule has 0 atom stereocenters. The van der Waals surface area contributed by atoms with Crippen LogP contribution in [0.15, 0.2) is 72.7 Å². The molecule has 0 radical (unpaired) electrons. The quantitative estimate of drug-likeness (QED) is 0.608. The van der Waals surface area contributed by atoms with Crippen LogP contribution in [-0.4, -0.2) is 23.2 Å². The molecule has 1 aromatic carbocycles. The van der Waals surface area contributed by atoms with E-state index in [4.69, 9.17) is 0 Å². The number of thiazole rings is 1. The molecule has 0 aliphatic carbocycles. The molecule has 3 nitrogen and oxygen atoms in total. The van der Waals surface area contributed by atoms with E-state index < -0.39 is 0 Å². The average Bonchev–Trinajstić information content (AvgIpc) is 3.10. The van der Waals surface area contributed by atoms with Crippen molar-refractivity contribution in [2.45, 2.75) is 12.2 Å². The van der Waals surface area contributed by atoms with Gasteiger partial charge in [-0.2, -0.15) is 0 Å². The van der Waals surface area contributed by atoms with Crippen molar-refractivity contribution in [2.24, 2.45) is 0 Å². The number of hydrogen-bond acceptors (Lipinski definition) is 4. The molecule has 0 bridgehead atoms. The summed E-state index contributed by atoms with van der Waals surface area (Å²) in [4.78, 5) is 16.5. The summed E-state index contributed by atoms with van der Waals surface area (Å²) < 4.78 is 0. The highest BCUT2D eigenvalue weighted by molar-refractivity contribution is 7.99. The molecule has 2 rings (SSSR count). The maximum atomic E-state index is 11.9. The highest BCUT2D eigenvalue weighted by Crippen LogP contribution is 2.25. The van der Waals surface area contributed by atoms with Gasteiger partial charge in [-0.15, -0.1) is 23.1 Å². The van der Waals surface area contributed by atoms with E-state index in [0.717, 1.165) is 34.0 Å². The summed E-state index contributed by atoms with van der Waals surface area (Å²) in [6.07, 6.45) is 6.18. The number of rotatable bonds is 10. The zero-order valence-corrected chi connectivity index (χ0v) is 15.7. The minimum Gasteiger partial charge on any atom is -0.355 e. The van der Waals surface area contributed by atoms with Crippen LogP contribution in [0.3, 0.4) is 0 Å². The molecule has 1 heterocycles. The lowest BCUT2D eigenvalue weighted by molar-refractivity contribution is -0.118. The Morgan fingerprint density at radius 3 is 2.80 bits per heavy atom. The van der Waals surface area contributed by atoms with Crippen molar-refractivity contribution in [3.8, 4) is 10.6 Å². The lowest BCUT2D eigenvalue weighted by atomic mass is 10.2. The van der Waals surface area contributed by atoms with Gasteiger partial charge in [-0.3, -0.25) is 4.79 Å². The highest BCUT2D eigenvalue weighted by Gasteiger charge is 2.06. The fourth-order valence-corrected chi connectivity index (χ4v) is 3.81. The van der Waals surface area contributed by atoms with Gasteiger partial charge >= 0.3 is 0 Å². The molecule has 1 aromatic heterocycles. The molecule has 5 heteroatoms. The topological polar surface area (TPSA) is 42.0 Å². The van der Waals surface area contributed by atoms with Crippen molar-refractivity contribution in [1.29, 1.82) is 0 Å². The Bertz CT molecular complexity index is 735. The molecule has 0 saturated heterocycles. The SMILES string of the molecule is C=C/C=C(\C=C)CCNC(=O)CSCc1csc(-c2ccccc2)n1. The second-order valence-corrected chi connectivity index (χ2v) is 7.13. The van der Waals surface area contributed by atoms with Crippen molar-refractivity contribution in [2.75, 3.05) is 12.3 Å². The van der Waals surface area contributed by atoms with E-state index in [1.54, 1.807) is 35.3 Å². The smallest absolute Gasteiger partial charge is 0.230 e. The third kappa shape index (κ3) is 6.72. The molecule has 0 aliphatic heterocycles. The van der Waals surface area contributed by atoms with Crippen LogP contribution in [0.5, 0.6) is 0 Å². The Kier molecular flexibility index (Phi) is 8.22. The van der Waals surface area contributed by atoms with Gasteiger partial charge in [-0.1, -0.05) is 61.7 Å². The number of thioether (sulfide) groups is 1. The summed E-state index contributed by atoms with van der Waals surface area (Å²) in [5.41, 5.74) is 3.22. The summed E-state index contributed by atoms with van der Waals surface area (Å²) in [7, 11) is 0. The standard InChI is InChI=1S/C20H22N2OS2/c1-3-8-16(4-2)11-12-21-19(23)15-24-13-18-14-25-20(22-18)17-9-6-5-7-10-17/h3-10,14H,1-2,11-13,15H2,(H,21,23)/b16-8+. The molecule has 130 valence electrons. The van der Waals surface area contributed by atoms with Crippen molar-refractivity contribution >= 4 is 29.0 Å². The summed E-state index contributed by atoms with van der Waals surface area (Å²) in [6.45, 7) is 8.02. The predicted octanol–water partition coefficient (Wildman–Crippen LogP) is 4.85. The number of hydrogen-bond donors (Lipinski definition) is 1. The second kappa shape index (κ2) is 10.7. The van der Waals surface area contributed by atoms with Crippen LogP contribution in [0.1, 0.15) is 12.1 Å². The van der Waals surface area contributed by atoms with Gasteiger partial charge in [0.05, 0.1) is 11.4 Å². The number of nitrogens with one attached hydrogen (secondary N) is 1. The maximum absolute atomic E-state index is 11.9. The van der Waals surface area contributed by atoms with E-state index in [-0.39, 0.29) is 5.91 Å². The monoisotopic (exact) mass is 370 g/mol. The number of carbonyl (C=O) groups excluding carboxylic acids is 1. The number of aromatic nitrogens is 1. The zero-order valence-electron chi connectivity index (χ0n) is 14.1. The first-order chi connectivity index (χ1) is 12.2. The van der Waals surface area contributed by atoms with Gasteiger partial charge in [0.25, 0.3) is 0 Å². The summed E-state index contributed by atoms with van der Waals surface area (Å²) in [5.74, 6) is 1.23. The molecular weight excluding hydrogens is 348 g/mol. The third-order valence-corrected chi connectivity index (χ3v) is 5.29. The van der Waals surface area contributed by atoms with E-state index in [1.807, 2.05) is 24.3 Å². The third-order valence-electron chi connectivity index (χ3n) is 3.39. The van der Waals surface area contributed by atoms with Gasteiger partial charge in [0, 0.05) is 23.2 Å². The Morgan fingerprint density at radius 2 is 2.08 bits per heavy atom. The van der Waals surface area contributed by atoms with E-state index in [1.165, 1.54) is 0 Å². The molecule has 0 fully saturated rings. The summed E-state index contributed by atoms with van der Waals surface area (Å²) in [5, 5.41) is 6.00. The van der Waals surface area contributed by atoms with Crippen molar-refractivity contribution in [1.82, 2.24) is 10.3 Å². The van der Waals surface area contributed by atoms with Crippen LogP contribution in [-0.2, 0) is 10.5 Å². The Balaban J connectivity index is 1.69. The minimum atomic E-state index is 0.0468. The van der Waals surface area contributed by atoms with E-state index in [9.17, 15) is 4.79 Å². The van der Waals surface area contributed by atoms with Crippen molar-refractivity contribution in [3.05, 3.63) is 78.4 Å². The molecular formula is C20H22N2OS2. The van der Waals surface area contributed by atoms with Gasteiger partial charge < -0.3 is 5.32 Å².